The average Bonchev–Trinajstić information content (AvgIpc) is 3.54. The van der Waals surface area contributed by atoms with Crippen molar-refractivity contribution in [3.8, 4) is 0 Å². The van der Waals surface area contributed by atoms with Crippen LogP contribution in [0.15, 0.2) is 43.5 Å². The van der Waals surface area contributed by atoms with E-state index in [-0.39, 0.29) is 31.6 Å². The van der Waals surface area contributed by atoms with Crippen molar-refractivity contribution in [2.45, 2.75) is 83.0 Å². The second-order valence-corrected chi connectivity index (χ2v) is 11.4. The van der Waals surface area contributed by atoms with Crippen LogP contribution in [0.3, 0.4) is 0 Å². The topological polar surface area (TPSA) is 96.4 Å². The molecule has 8 heteroatoms. The van der Waals surface area contributed by atoms with Crippen molar-refractivity contribution in [1.82, 2.24) is 4.90 Å². The summed E-state index contributed by atoms with van der Waals surface area (Å²) < 4.78 is 12.5. The Morgan fingerprint density at radius 2 is 1.90 bits per heavy atom. The summed E-state index contributed by atoms with van der Waals surface area (Å²) in [6.07, 6.45) is 7.53. The van der Waals surface area contributed by atoms with Crippen LogP contribution in [0.2, 0.25) is 0 Å². The predicted molar refractivity (Wildman–Crippen MR) is 154 cm³/mol. The van der Waals surface area contributed by atoms with Crippen molar-refractivity contribution < 1.29 is 29.0 Å². The van der Waals surface area contributed by atoms with Crippen LogP contribution in [0.1, 0.15) is 63.0 Å². The van der Waals surface area contributed by atoms with Gasteiger partial charge in [-0.1, -0.05) is 37.3 Å². The molecule has 3 aliphatic heterocycles. The lowest BCUT2D eigenvalue weighted by molar-refractivity contribution is -0.160. The molecule has 8 nitrogen and oxygen atoms in total. The molecule has 2 amide bonds. The van der Waals surface area contributed by atoms with E-state index in [9.17, 15) is 19.5 Å². The third kappa shape index (κ3) is 4.90. The Hall–Kier alpha value is -2.97. The highest BCUT2D eigenvalue weighted by atomic mass is 16.6. The number of aliphatic hydroxyl groups excluding tert-OH is 1. The molecule has 3 fully saturated rings. The van der Waals surface area contributed by atoms with Gasteiger partial charge in [-0.25, -0.2) is 0 Å². The second kappa shape index (κ2) is 12.3. The molecule has 0 saturated carbocycles. The Labute approximate surface area is 238 Å². The Bertz CT molecular complexity index is 1130. The van der Waals surface area contributed by atoms with Gasteiger partial charge in [-0.3, -0.25) is 14.4 Å². The molecule has 3 aliphatic rings. The van der Waals surface area contributed by atoms with Gasteiger partial charge >= 0.3 is 5.97 Å². The third-order valence-corrected chi connectivity index (χ3v) is 9.08. The van der Waals surface area contributed by atoms with E-state index in [1.165, 1.54) is 0 Å². The molecule has 218 valence electrons. The molecular formula is C32H44N2O6. The molecule has 3 heterocycles. The van der Waals surface area contributed by atoms with Gasteiger partial charge in [-0.05, 0) is 69.9 Å². The summed E-state index contributed by atoms with van der Waals surface area (Å²) in [4.78, 5) is 45.9. The molecule has 1 spiro atoms. The summed E-state index contributed by atoms with van der Waals surface area (Å²) in [7, 11) is 0. The van der Waals surface area contributed by atoms with Gasteiger partial charge in [-0.2, -0.15) is 0 Å². The van der Waals surface area contributed by atoms with Gasteiger partial charge in [-0.15, -0.1) is 13.2 Å². The lowest BCUT2D eigenvalue weighted by Gasteiger charge is -2.37. The number of hydrogen-bond donors (Lipinski definition) is 1. The number of amides is 2. The van der Waals surface area contributed by atoms with Crippen molar-refractivity contribution in [2.24, 2.45) is 11.8 Å². The number of anilines is 1. The first-order valence-corrected chi connectivity index (χ1v) is 14.6. The highest BCUT2D eigenvalue weighted by molar-refractivity contribution is 6.05. The Balaban J connectivity index is 1.79. The van der Waals surface area contributed by atoms with Gasteiger partial charge in [0.2, 0.25) is 5.91 Å². The molecule has 0 aliphatic carbocycles. The number of carbonyl (C=O) groups is 3. The van der Waals surface area contributed by atoms with Crippen molar-refractivity contribution in [3.05, 3.63) is 54.6 Å². The molecule has 3 saturated heterocycles. The fourth-order valence-electron chi connectivity index (χ4n) is 7.30. The van der Waals surface area contributed by atoms with Crippen LogP contribution >= 0.6 is 0 Å². The zero-order valence-corrected chi connectivity index (χ0v) is 24.2. The van der Waals surface area contributed by atoms with Gasteiger partial charge in [0, 0.05) is 25.4 Å². The molecule has 1 N–H and O–H groups in total. The number of para-hydroxylation sites is 1. The quantitative estimate of drug-likeness (QED) is 0.211. The minimum Gasteiger partial charge on any atom is -0.465 e. The number of benzene rings is 1. The molecule has 4 rings (SSSR count). The molecule has 40 heavy (non-hydrogen) atoms. The maximum atomic E-state index is 14.7. The fraction of sp³-hybridized carbons (Fsp3) is 0.594. The van der Waals surface area contributed by atoms with Crippen LogP contribution in [0, 0.1) is 25.7 Å². The molecular weight excluding hydrogens is 508 g/mol. The van der Waals surface area contributed by atoms with Crippen molar-refractivity contribution >= 4 is 23.5 Å². The first-order chi connectivity index (χ1) is 19.2. The van der Waals surface area contributed by atoms with Crippen LogP contribution in [0.4, 0.5) is 5.69 Å². The minimum atomic E-state index is -1.11. The minimum absolute atomic E-state index is 0.0727. The largest absolute Gasteiger partial charge is 0.465 e. The smallest absolute Gasteiger partial charge is 0.312 e. The van der Waals surface area contributed by atoms with E-state index in [1.807, 2.05) is 39.0 Å². The number of aryl methyl sites for hydroxylation is 2. The van der Waals surface area contributed by atoms with E-state index < -0.39 is 35.0 Å². The highest BCUT2D eigenvalue weighted by Gasteiger charge is 2.79. The van der Waals surface area contributed by atoms with Crippen LogP contribution < -0.4 is 4.90 Å². The molecule has 1 aromatic carbocycles. The van der Waals surface area contributed by atoms with E-state index in [0.717, 1.165) is 23.2 Å². The summed E-state index contributed by atoms with van der Waals surface area (Å²) >= 11 is 0. The molecule has 0 aromatic heterocycles. The fourth-order valence-corrected chi connectivity index (χ4v) is 7.30. The Morgan fingerprint density at radius 3 is 2.52 bits per heavy atom. The first-order valence-electron chi connectivity index (χ1n) is 14.6. The maximum absolute atomic E-state index is 14.7. The zero-order chi connectivity index (χ0) is 29.1. The number of rotatable bonds is 14. The van der Waals surface area contributed by atoms with Gasteiger partial charge in [0.05, 0.1) is 18.1 Å². The number of fused-ring (bicyclic) bond motifs is 1. The van der Waals surface area contributed by atoms with Gasteiger partial charge in [0.15, 0.2) is 0 Å². The van der Waals surface area contributed by atoms with Crippen LogP contribution in [-0.2, 0) is 23.9 Å². The number of likely N-dealkylation sites (tertiary alicyclic amines) is 1. The number of esters is 1. The SMILES string of the molecule is C=CCCOC(=O)[C@@H]1[C@H]2C(=O)N(CCCCCO)C(C(=O)N(CC=C)c3c(C)cccc3C)C23CC[C@@]1(CC)O3. The predicted octanol–water partition coefficient (Wildman–Crippen LogP) is 4.26. The third-order valence-electron chi connectivity index (χ3n) is 9.08. The average molecular weight is 553 g/mol. The zero-order valence-electron chi connectivity index (χ0n) is 24.2. The summed E-state index contributed by atoms with van der Waals surface area (Å²) in [5.74, 6) is -2.43. The normalized spacial score (nSPS) is 28.4. The Morgan fingerprint density at radius 1 is 1.18 bits per heavy atom. The standard InChI is InChI=1S/C32H44N2O6/c1-6-9-21-39-30(38)25-24-28(36)34(19-11-10-12-20-35)27(32(24)17-16-31(25,8-3)40-32)29(37)33(18-7-2)26-22(4)14-13-15-23(26)5/h6-7,13-15,24-25,27,35H,1-2,8-12,16-21H2,3-5H3/t24-,25-,27?,31+,32?/m0/s1. The van der Waals surface area contributed by atoms with Gasteiger partial charge in [0.25, 0.3) is 5.91 Å². The Kier molecular flexibility index (Phi) is 9.20. The summed E-state index contributed by atoms with van der Waals surface area (Å²) in [6, 6.07) is 5.02. The van der Waals surface area contributed by atoms with E-state index >= 15 is 0 Å². The monoisotopic (exact) mass is 552 g/mol. The number of nitrogens with zero attached hydrogens (tertiary/aromatic N) is 2. The van der Waals surface area contributed by atoms with Crippen LogP contribution in [0.25, 0.3) is 0 Å². The lowest BCUT2D eigenvalue weighted by Crippen LogP contribution is -2.56. The lowest BCUT2D eigenvalue weighted by atomic mass is 9.65. The molecule has 5 atom stereocenters. The van der Waals surface area contributed by atoms with Crippen molar-refractivity contribution in [1.29, 1.82) is 0 Å². The number of hydrogen-bond acceptors (Lipinski definition) is 6. The summed E-state index contributed by atoms with van der Waals surface area (Å²) in [6.45, 7) is 14.4. The number of unbranched alkanes of at least 4 members (excludes halogenated alkanes) is 2. The summed E-state index contributed by atoms with van der Waals surface area (Å²) in [5.41, 5.74) is 0.758. The van der Waals surface area contributed by atoms with E-state index in [4.69, 9.17) is 9.47 Å². The van der Waals surface area contributed by atoms with Crippen LogP contribution in [-0.4, -0.2) is 71.3 Å². The van der Waals surface area contributed by atoms with Crippen molar-refractivity contribution in [3.63, 3.8) is 0 Å². The van der Waals surface area contributed by atoms with E-state index in [1.54, 1.807) is 22.0 Å². The second-order valence-electron chi connectivity index (χ2n) is 11.4. The number of aliphatic hydroxyl groups is 1. The first kappa shape index (κ1) is 30.0. The number of ether oxygens (including phenoxy) is 2. The van der Waals surface area contributed by atoms with Crippen LogP contribution in [0.5, 0.6) is 0 Å². The van der Waals surface area contributed by atoms with Crippen molar-refractivity contribution in [2.75, 3.05) is 31.2 Å². The molecule has 2 bridgehead atoms. The number of carbonyl (C=O) groups excluding carboxylic acids is 3. The molecule has 1 aromatic rings. The van der Waals surface area contributed by atoms with E-state index in [0.29, 0.717) is 45.1 Å². The highest BCUT2D eigenvalue weighted by Crippen LogP contribution is 2.64. The molecule has 0 radical (unpaired) electrons. The van der Waals surface area contributed by atoms with Gasteiger partial charge in [0.1, 0.15) is 17.6 Å². The van der Waals surface area contributed by atoms with E-state index in [2.05, 4.69) is 13.2 Å². The summed E-state index contributed by atoms with van der Waals surface area (Å²) in [5, 5.41) is 9.29. The maximum Gasteiger partial charge on any atom is 0.312 e. The van der Waals surface area contributed by atoms with Gasteiger partial charge < -0.3 is 24.4 Å². The molecule has 2 unspecified atom stereocenters.